The van der Waals surface area contributed by atoms with Gasteiger partial charge in [0.2, 0.25) is 5.91 Å². The molecule has 1 aromatic carbocycles. The second-order valence-corrected chi connectivity index (χ2v) is 5.77. The van der Waals surface area contributed by atoms with Gasteiger partial charge in [0.25, 0.3) is 0 Å². The number of rotatable bonds is 5. The average molecular weight is 317 g/mol. The van der Waals surface area contributed by atoms with Crippen molar-refractivity contribution in [3.63, 3.8) is 0 Å². The van der Waals surface area contributed by atoms with Gasteiger partial charge in [0, 0.05) is 30.0 Å². The third-order valence-corrected chi connectivity index (χ3v) is 4.27. The summed E-state index contributed by atoms with van der Waals surface area (Å²) in [5, 5.41) is 2.92. The molecule has 3 N–H and O–H groups in total. The zero-order valence-electron chi connectivity index (χ0n) is 11.5. The van der Waals surface area contributed by atoms with Crippen LogP contribution < -0.4 is 11.1 Å². The van der Waals surface area contributed by atoms with Crippen LogP contribution in [0.1, 0.15) is 30.7 Å². The maximum absolute atomic E-state index is 13.7. The van der Waals surface area contributed by atoms with Crippen LogP contribution in [-0.4, -0.2) is 18.5 Å². The Hall–Kier alpha value is -1.20. The molecular weight excluding hydrogens is 298 g/mol. The van der Waals surface area contributed by atoms with E-state index in [1.165, 1.54) is 18.2 Å². The van der Waals surface area contributed by atoms with Crippen molar-refractivity contribution in [2.24, 2.45) is 17.6 Å². The fourth-order valence-electron chi connectivity index (χ4n) is 2.83. The minimum Gasteiger partial charge on any atom is -0.352 e. The number of carbonyl (C=O) groups is 1. The summed E-state index contributed by atoms with van der Waals surface area (Å²) in [6, 6.07) is 3.81. The number of carbonyl (C=O) groups excluding carboxylic acids is 1. The van der Waals surface area contributed by atoms with Crippen LogP contribution in [0.3, 0.4) is 0 Å². The fraction of sp³-hybridized carbons (Fsp3) is 0.533. The van der Waals surface area contributed by atoms with Crippen molar-refractivity contribution in [1.29, 1.82) is 0 Å². The van der Waals surface area contributed by atoms with Gasteiger partial charge < -0.3 is 11.1 Å². The fourth-order valence-corrected chi connectivity index (χ4v) is 2.83. The zero-order valence-corrected chi connectivity index (χ0v) is 12.3. The van der Waals surface area contributed by atoms with Gasteiger partial charge in [-0.25, -0.2) is 8.78 Å². The molecule has 3 unspecified atom stereocenters. The first-order valence-electron chi connectivity index (χ1n) is 7.06. The Morgan fingerprint density at radius 3 is 2.48 bits per heavy atom. The summed E-state index contributed by atoms with van der Waals surface area (Å²) >= 11 is 0. The Balaban J connectivity index is 0.00000161. The van der Waals surface area contributed by atoms with Gasteiger partial charge in [0.05, 0.1) is 0 Å². The highest BCUT2D eigenvalue weighted by molar-refractivity contribution is 5.85. The number of amides is 1. The highest BCUT2D eigenvalue weighted by atomic mass is 35.5. The first kappa shape index (κ1) is 16.2. The first-order valence-corrected chi connectivity index (χ1v) is 7.06. The number of hydrogen-bond acceptors (Lipinski definition) is 2. The molecule has 0 aromatic heterocycles. The van der Waals surface area contributed by atoms with E-state index in [-0.39, 0.29) is 41.8 Å². The van der Waals surface area contributed by atoms with Gasteiger partial charge in [-0.2, -0.15) is 0 Å². The van der Waals surface area contributed by atoms with Crippen LogP contribution in [0.25, 0.3) is 0 Å². The Kier molecular flexibility index (Phi) is 4.84. The summed E-state index contributed by atoms with van der Waals surface area (Å²) in [5.74, 6) is -1.44. The van der Waals surface area contributed by atoms with E-state index in [4.69, 9.17) is 5.73 Å². The van der Waals surface area contributed by atoms with Gasteiger partial charge >= 0.3 is 0 Å². The molecule has 3 rings (SSSR count). The number of benzene rings is 1. The molecule has 0 bridgehead atoms. The van der Waals surface area contributed by atoms with Crippen molar-refractivity contribution in [3.8, 4) is 0 Å². The molecule has 21 heavy (non-hydrogen) atoms. The minimum absolute atomic E-state index is 0. The summed E-state index contributed by atoms with van der Waals surface area (Å²) < 4.78 is 27.3. The lowest BCUT2D eigenvalue weighted by Crippen LogP contribution is -2.42. The van der Waals surface area contributed by atoms with Crippen LogP contribution in [-0.2, 0) is 4.79 Å². The minimum atomic E-state index is -0.567. The van der Waals surface area contributed by atoms with E-state index in [9.17, 15) is 13.6 Å². The third-order valence-electron chi connectivity index (χ3n) is 4.27. The zero-order chi connectivity index (χ0) is 14.3. The van der Waals surface area contributed by atoms with E-state index in [0.29, 0.717) is 18.9 Å². The Morgan fingerprint density at radius 1 is 1.33 bits per heavy atom. The number of nitrogens with one attached hydrogen (secondary N) is 1. The Morgan fingerprint density at radius 2 is 1.95 bits per heavy atom. The van der Waals surface area contributed by atoms with Gasteiger partial charge in [-0.15, -0.1) is 12.4 Å². The molecule has 0 heterocycles. The number of halogens is 3. The quantitative estimate of drug-likeness (QED) is 0.876. The lowest BCUT2D eigenvalue weighted by atomic mass is 10.1. The maximum atomic E-state index is 13.7. The van der Waals surface area contributed by atoms with Crippen molar-refractivity contribution in [2.75, 3.05) is 6.54 Å². The van der Waals surface area contributed by atoms with Crippen LogP contribution in [0.2, 0.25) is 0 Å². The van der Waals surface area contributed by atoms with Crippen LogP contribution in [0.4, 0.5) is 8.78 Å². The predicted octanol–water partition coefficient (Wildman–Crippen LogP) is 2.34. The number of nitrogens with two attached hydrogens (primary N) is 1. The predicted molar refractivity (Wildman–Crippen MR) is 78.2 cm³/mol. The second-order valence-electron chi connectivity index (χ2n) is 5.77. The third kappa shape index (κ3) is 3.35. The number of hydrogen-bond donors (Lipinski definition) is 2. The molecule has 2 fully saturated rings. The molecule has 2 saturated carbocycles. The van der Waals surface area contributed by atoms with Crippen LogP contribution in [0, 0.1) is 23.5 Å². The van der Waals surface area contributed by atoms with Crippen molar-refractivity contribution in [2.45, 2.75) is 31.2 Å². The topological polar surface area (TPSA) is 55.1 Å². The lowest BCUT2D eigenvalue weighted by molar-refractivity contribution is -0.123. The summed E-state index contributed by atoms with van der Waals surface area (Å²) in [6.07, 6.45) is 2.70. The van der Waals surface area contributed by atoms with E-state index in [0.717, 1.165) is 12.8 Å². The summed E-state index contributed by atoms with van der Waals surface area (Å²) in [6.45, 7) is 0.419. The monoisotopic (exact) mass is 316 g/mol. The summed E-state index contributed by atoms with van der Waals surface area (Å²) in [7, 11) is 0. The van der Waals surface area contributed by atoms with Crippen molar-refractivity contribution < 1.29 is 13.6 Å². The molecule has 6 heteroatoms. The van der Waals surface area contributed by atoms with E-state index in [2.05, 4.69) is 5.32 Å². The normalized spacial score (nSPS) is 24.9. The highest BCUT2D eigenvalue weighted by Crippen LogP contribution is 2.49. The molecule has 1 amide bonds. The standard InChI is InChI=1S/C15H18F2N2O.ClH/c16-11-2-1-3-12(17)14(11)9-6-10(9)15(20)19-13(7-18)8-4-5-8;/h1-3,8-10,13H,4-7,18H2,(H,19,20);1H. The summed E-state index contributed by atoms with van der Waals surface area (Å²) in [5.41, 5.74) is 5.69. The van der Waals surface area contributed by atoms with Crippen molar-refractivity contribution >= 4 is 18.3 Å². The SMILES string of the molecule is Cl.NCC(NC(=O)C1CC1c1c(F)cccc1F)C1CC1. The van der Waals surface area contributed by atoms with Gasteiger partial charge in [-0.05, 0) is 37.3 Å². The first-order chi connectivity index (χ1) is 9.61. The molecule has 0 saturated heterocycles. The van der Waals surface area contributed by atoms with Gasteiger partial charge in [0.15, 0.2) is 0 Å². The van der Waals surface area contributed by atoms with Crippen molar-refractivity contribution in [3.05, 3.63) is 35.4 Å². The van der Waals surface area contributed by atoms with Gasteiger partial charge in [-0.3, -0.25) is 4.79 Å². The molecule has 1 aromatic rings. The second kappa shape index (κ2) is 6.28. The van der Waals surface area contributed by atoms with Crippen molar-refractivity contribution in [1.82, 2.24) is 5.32 Å². The van der Waals surface area contributed by atoms with Gasteiger partial charge in [-0.1, -0.05) is 6.07 Å². The molecular formula is C15H19ClF2N2O. The molecule has 0 radical (unpaired) electrons. The molecule has 116 valence electrons. The van der Waals surface area contributed by atoms with Gasteiger partial charge in [0.1, 0.15) is 11.6 Å². The maximum Gasteiger partial charge on any atom is 0.224 e. The Bertz CT molecular complexity index is 516. The smallest absolute Gasteiger partial charge is 0.224 e. The van der Waals surface area contributed by atoms with Crippen LogP contribution in [0.5, 0.6) is 0 Å². The van der Waals surface area contributed by atoms with Crippen LogP contribution >= 0.6 is 12.4 Å². The molecule has 2 aliphatic rings. The highest BCUT2D eigenvalue weighted by Gasteiger charge is 2.47. The molecule has 3 atom stereocenters. The van der Waals surface area contributed by atoms with E-state index < -0.39 is 11.6 Å². The molecule has 0 spiro atoms. The lowest BCUT2D eigenvalue weighted by Gasteiger charge is -2.16. The van der Waals surface area contributed by atoms with E-state index in [1.54, 1.807) is 0 Å². The average Bonchev–Trinajstić information content (AvgIpc) is 3.27. The summed E-state index contributed by atoms with van der Waals surface area (Å²) in [4.78, 5) is 12.1. The molecule has 3 nitrogen and oxygen atoms in total. The molecule has 0 aliphatic heterocycles. The molecule has 2 aliphatic carbocycles. The Labute approximate surface area is 128 Å². The largest absolute Gasteiger partial charge is 0.352 e. The van der Waals surface area contributed by atoms with Crippen LogP contribution in [0.15, 0.2) is 18.2 Å². The van der Waals surface area contributed by atoms with E-state index >= 15 is 0 Å². The van der Waals surface area contributed by atoms with E-state index in [1.807, 2.05) is 0 Å².